The van der Waals surface area contributed by atoms with E-state index in [1.807, 2.05) is 19.0 Å². The number of thiazole rings is 1. The average Bonchev–Trinajstić information content (AvgIpc) is 3.16. The molecule has 0 aliphatic carbocycles. The highest BCUT2D eigenvalue weighted by molar-refractivity contribution is 14.0. The van der Waals surface area contributed by atoms with Crippen molar-refractivity contribution in [3.05, 3.63) is 33.5 Å². The second-order valence-corrected chi connectivity index (χ2v) is 6.84. The maximum atomic E-state index is 4.60. The second kappa shape index (κ2) is 10.8. The normalized spacial score (nSPS) is 11.0. The van der Waals surface area contributed by atoms with Crippen molar-refractivity contribution in [3.63, 3.8) is 0 Å². The lowest BCUT2D eigenvalue weighted by Crippen LogP contribution is -2.38. The summed E-state index contributed by atoms with van der Waals surface area (Å²) in [6, 6.07) is 4.25. The molecule has 2 aromatic rings. The maximum Gasteiger partial charge on any atom is 0.191 e. The van der Waals surface area contributed by atoms with Crippen molar-refractivity contribution in [1.82, 2.24) is 15.6 Å². The monoisotopic (exact) mass is 465 g/mol. The van der Waals surface area contributed by atoms with E-state index in [4.69, 9.17) is 0 Å². The Bertz CT molecular complexity index is 580. The number of aromatic nitrogens is 1. The number of nitrogens with one attached hydrogen (secondary N) is 2. The number of hydrogen-bond donors (Lipinski definition) is 2. The Morgan fingerprint density at radius 1 is 1.30 bits per heavy atom. The largest absolute Gasteiger partial charge is 0.357 e. The first-order valence-corrected chi connectivity index (χ1v) is 9.11. The summed E-state index contributed by atoms with van der Waals surface area (Å²) in [4.78, 5) is 12.5. The predicted molar refractivity (Wildman–Crippen MR) is 113 cm³/mol. The number of hydrogen-bond acceptors (Lipinski definition) is 5. The Morgan fingerprint density at radius 2 is 2.13 bits per heavy atom. The smallest absolute Gasteiger partial charge is 0.191 e. The van der Waals surface area contributed by atoms with Crippen molar-refractivity contribution < 1.29 is 0 Å². The number of anilines is 1. The van der Waals surface area contributed by atoms with Gasteiger partial charge in [0.15, 0.2) is 11.1 Å². The third kappa shape index (κ3) is 7.05. The molecule has 0 saturated carbocycles. The van der Waals surface area contributed by atoms with Gasteiger partial charge < -0.3 is 15.5 Å². The van der Waals surface area contributed by atoms with Gasteiger partial charge in [-0.1, -0.05) is 6.07 Å². The van der Waals surface area contributed by atoms with E-state index in [9.17, 15) is 0 Å². The van der Waals surface area contributed by atoms with Gasteiger partial charge in [-0.2, -0.15) is 0 Å². The summed E-state index contributed by atoms with van der Waals surface area (Å²) in [6.07, 6.45) is 1.02. The summed E-state index contributed by atoms with van der Waals surface area (Å²) in [7, 11) is 4.00. The van der Waals surface area contributed by atoms with Crippen LogP contribution in [-0.4, -0.2) is 38.1 Å². The van der Waals surface area contributed by atoms with Gasteiger partial charge in [-0.25, -0.2) is 9.98 Å². The van der Waals surface area contributed by atoms with Crippen LogP contribution in [0.5, 0.6) is 0 Å². The van der Waals surface area contributed by atoms with Crippen molar-refractivity contribution in [2.24, 2.45) is 4.99 Å². The van der Waals surface area contributed by atoms with Crippen molar-refractivity contribution >= 4 is 57.7 Å². The van der Waals surface area contributed by atoms with Crippen LogP contribution in [0.3, 0.4) is 0 Å². The molecule has 2 rings (SSSR count). The Morgan fingerprint density at radius 3 is 2.74 bits per heavy atom. The molecule has 0 atom stereocenters. The quantitative estimate of drug-likeness (QED) is 0.375. The van der Waals surface area contributed by atoms with E-state index in [1.165, 1.54) is 4.88 Å². The van der Waals surface area contributed by atoms with Crippen LogP contribution < -0.4 is 15.5 Å². The highest BCUT2D eigenvalue weighted by Gasteiger charge is 2.04. The molecule has 8 heteroatoms. The fourth-order valence-corrected chi connectivity index (χ4v) is 3.29. The zero-order chi connectivity index (χ0) is 15.8. The molecule has 23 heavy (non-hydrogen) atoms. The highest BCUT2D eigenvalue weighted by atomic mass is 127. The molecule has 0 spiro atoms. The molecule has 0 saturated heterocycles. The molecule has 2 aromatic heterocycles. The zero-order valence-electron chi connectivity index (χ0n) is 13.7. The number of nitrogens with zero attached hydrogens (tertiary/aromatic N) is 3. The lowest BCUT2D eigenvalue weighted by molar-refractivity contribution is 0.802. The van der Waals surface area contributed by atoms with Crippen LogP contribution in [0.1, 0.15) is 17.5 Å². The van der Waals surface area contributed by atoms with E-state index in [2.05, 4.69) is 50.4 Å². The Labute approximate surface area is 163 Å². The minimum atomic E-state index is 0. The molecule has 0 radical (unpaired) electrons. The third-order valence-corrected chi connectivity index (χ3v) is 4.90. The molecule has 5 nitrogen and oxygen atoms in total. The molecule has 0 unspecified atom stereocenters. The molecule has 0 aliphatic rings. The summed E-state index contributed by atoms with van der Waals surface area (Å²) >= 11 is 3.43. The molecule has 2 heterocycles. The zero-order valence-corrected chi connectivity index (χ0v) is 17.7. The minimum Gasteiger partial charge on any atom is -0.357 e. The molecule has 0 bridgehead atoms. The van der Waals surface area contributed by atoms with Gasteiger partial charge in [-0.15, -0.1) is 46.7 Å². The molecule has 128 valence electrons. The lowest BCUT2D eigenvalue weighted by atomic mass is 10.3. The molecule has 0 aliphatic heterocycles. The third-order valence-electron chi connectivity index (χ3n) is 2.91. The molecular formula is C15H24IN5S2. The van der Waals surface area contributed by atoms with Crippen LogP contribution in [0.15, 0.2) is 27.9 Å². The molecule has 0 fully saturated rings. The van der Waals surface area contributed by atoms with Crippen molar-refractivity contribution in [2.75, 3.05) is 32.1 Å². The Kier molecular flexibility index (Phi) is 9.49. The highest BCUT2D eigenvalue weighted by Crippen LogP contribution is 2.18. The second-order valence-electron chi connectivity index (χ2n) is 4.97. The van der Waals surface area contributed by atoms with Gasteiger partial charge in [0.05, 0.1) is 12.2 Å². The van der Waals surface area contributed by atoms with Crippen molar-refractivity contribution in [2.45, 2.75) is 19.9 Å². The fraction of sp³-hybridized carbons (Fsp3) is 0.467. The van der Waals surface area contributed by atoms with Gasteiger partial charge in [-0.3, -0.25) is 0 Å². The summed E-state index contributed by atoms with van der Waals surface area (Å²) in [5, 5.41) is 11.8. The maximum absolute atomic E-state index is 4.60. The molecule has 0 amide bonds. The van der Waals surface area contributed by atoms with E-state index >= 15 is 0 Å². The first-order valence-electron chi connectivity index (χ1n) is 7.35. The van der Waals surface area contributed by atoms with Crippen LogP contribution in [-0.2, 0) is 13.0 Å². The lowest BCUT2D eigenvalue weighted by Gasteiger charge is -2.10. The van der Waals surface area contributed by atoms with E-state index in [0.29, 0.717) is 6.54 Å². The van der Waals surface area contributed by atoms with Crippen LogP contribution in [0, 0.1) is 0 Å². The first kappa shape index (κ1) is 20.2. The number of halogens is 1. The van der Waals surface area contributed by atoms with E-state index in [1.54, 1.807) is 22.7 Å². The minimum absolute atomic E-state index is 0. The summed E-state index contributed by atoms with van der Waals surface area (Å²) in [5.74, 6) is 0.846. The average molecular weight is 465 g/mol. The van der Waals surface area contributed by atoms with Gasteiger partial charge in [0.25, 0.3) is 0 Å². The number of rotatable bonds is 7. The van der Waals surface area contributed by atoms with E-state index in [0.717, 1.165) is 36.3 Å². The van der Waals surface area contributed by atoms with Gasteiger partial charge in [0.2, 0.25) is 0 Å². The van der Waals surface area contributed by atoms with E-state index < -0.39 is 0 Å². The topological polar surface area (TPSA) is 52.6 Å². The first-order chi connectivity index (χ1) is 10.7. The van der Waals surface area contributed by atoms with Crippen LogP contribution in [0.2, 0.25) is 0 Å². The Balaban J connectivity index is 0.00000264. The van der Waals surface area contributed by atoms with Gasteiger partial charge in [0, 0.05) is 37.4 Å². The van der Waals surface area contributed by atoms with Gasteiger partial charge in [-0.05, 0) is 24.8 Å². The number of guanidine groups is 1. The van der Waals surface area contributed by atoms with Gasteiger partial charge in [0.1, 0.15) is 0 Å². The summed E-state index contributed by atoms with van der Waals surface area (Å²) in [6.45, 7) is 4.40. The Hall–Kier alpha value is -0.870. The standard InChI is InChI=1S/C15H23N5S2.HI/c1-4-16-14(17-8-7-13-6-5-9-21-13)18-10-12-11-22-15(19-12)20(2)3;/h5-6,9,11H,4,7-8,10H2,1-3H3,(H2,16,17,18);1H. The van der Waals surface area contributed by atoms with Gasteiger partial charge >= 0.3 is 0 Å². The molecular weight excluding hydrogens is 441 g/mol. The van der Waals surface area contributed by atoms with Crippen LogP contribution in [0.4, 0.5) is 5.13 Å². The predicted octanol–water partition coefficient (Wildman–Crippen LogP) is 3.19. The van der Waals surface area contributed by atoms with E-state index in [-0.39, 0.29) is 24.0 Å². The summed E-state index contributed by atoms with van der Waals surface area (Å²) in [5.41, 5.74) is 1.00. The molecule has 2 N–H and O–H groups in total. The van der Waals surface area contributed by atoms with Crippen LogP contribution in [0.25, 0.3) is 0 Å². The SMILES string of the molecule is CCNC(=NCc1csc(N(C)C)n1)NCCc1cccs1.I. The number of thiophene rings is 1. The number of aliphatic imine (C=N–C) groups is 1. The van der Waals surface area contributed by atoms with Crippen molar-refractivity contribution in [3.8, 4) is 0 Å². The van der Waals surface area contributed by atoms with Crippen LogP contribution >= 0.6 is 46.7 Å². The summed E-state index contributed by atoms with van der Waals surface area (Å²) < 4.78 is 0. The fourth-order valence-electron chi connectivity index (χ4n) is 1.84. The molecule has 0 aromatic carbocycles. The van der Waals surface area contributed by atoms with Crippen molar-refractivity contribution in [1.29, 1.82) is 0 Å².